The largest absolute Gasteiger partial charge is 0.497 e. The van der Waals surface area contributed by atoms with E-state index in [9.17, 15) is 14.3 Å². The standard InChI is InChI=1S/C22H26FNO5S/c1-27-15-5-3-14(4-6-15)13-24-30-17-9-7-16(8-10-17)29-21-11-18(22(25)26)20(28-2)12-19(21)23/h3-6,11-12,16-17,24H,7-10,13H2,1-2H3,(H,25,26). The summed E-state index contributed by atoms with van der Waals surface area (Å²) in [5.41, 5.74) is 1.07. The van der Waals surface area contributed by atoms with Crippen LogP contribution in [0.15, 0.2) is 36.4 Å². The topological polar surface area (TPSA) is 77.0 Å². The lowest BCUT2D eigenvalue weighted by Gasteiger charge is -2.29. The molecule has 1 saturated carbocycles. The zero-order chi connectivity index (χ0) is 21.5. The number of methoxy groups -OCH3 is 2. The van der Waals surface area contributed by atoms with E-state index in [0.29, 0.717) is 5.25 Å². The molecule has 3 rings (SSSR count). The molecule has 2 aromatic rings. The maximum Gasteiger partial charge on any atom is 0.339 e. The van der Waals surface area contributed by atoms with Crippen LogP contribution in [0.5, 0.6) is 17.2 Å². The van der Waals surface area contributed by atoms with Gasteiger partial charge in [-0.3, -0.25) is 4.72 Å². The maximum absolute atomic E-state index is 14.3. The summed E-state index contributed by atoms with van der Waals surface area (Å²) in [4.78, 5) is 11.3. The number of rotatable bonds is 9. The molecular formula is C22H26FNO5S. The van der Waals surface area contributed by atoms with E-state index >= 15 is 0 Å². The van der Waals surface area contributed by atoms with Crippen LogP contribution in [-0.4, -0.2) is 36.6 Å². The molecule has 6 nitrogen and oxygen atoms in total. The van der Waals surface area contributed by atoms with Gasteiger partial charge >= 0.3 is 5.97 Å². The number of halogens is 1. The highest BCUT2D eigenvalue weighted by Gasteiger charge is 2.25. The molecule has 0 unspecified atom stereocenters. The van der Waals surface area contributed by atoms with Crippen molar-refractivity contribution >= 4 is 17.9 Å². The molecule has 0 spiro atoms. The van der Waals surface area contributed by atoms with Gasteiger partial charge in [-0.25, -0.2) is 9.18 Å². The predicted octanol–water partition coefficient (Wildman–Crippen LogP) is 4.67. The zero-order valence-electron chi connectivity index (χ0n) is 17.0. The van der Waals surface area contributed by atoms with Crippen molar-refractivity contribution in [2.45, 2.75) is 43.6 Å². The summed E-state index contributed by atoms with van der Waals surface area (Å²) >= 11 is 1.72. The van der Waals surface area contributed by atoms with E-state index in [4.69, 9.17) is 14.2 Å². The van der Waals surface area contributed by atoms with Crippen molar-refractivity contribution in [1.82, 2.24) is 4.72 Å². The molecule has 1 fully saturated rings. The number of hydrogen-bond acceptors (Lipinski definition) is 6. The van der Waals surface area contributed by atoms with Gasteiger partial charge in [0.2, 0.25) is 0 Å². The first kappa shape index (κ1) is 22.2. The van der Waals surface area contributed by atoms with Gasteiger partial charge in [0, 0.05) is 23.9 Å². The molecule has 0 amide bonds. The number of nitrogens with one attached hydrogen (secondary N) is 1. The summed E-state index contributed by atoms with van der Waals surface area (Å²) in [5, 5.41) is 9.73. The van der Waals surface area contributed by atoms with Crippen LogP contribution in [0.2, 0.25) is 0 Å². The van der Waals surface area contributed by atoms with Gasteiger partial charge in [0.05, 0.1) is 20.3 Å². The van der Waals surface area contributed by atoms with E-state index in [1.807, 2.05) is 24.3 Å². The third kappa shape index (κ3) is 5.79. The predicted molar refractivity (Wildman–Crippen MR) is 114 cm³/mol. The van der Waals surface area contributed by atoms with Gasteiger partial charge in [-0.05, 0) is 43.4 Å². The van der Waals surface area contributed by atoms with E-state index < -0.39 is 11.8 Å². The minimum absolute atomic E-state index is 0.0182. The Bertz CT molecular complexity index is 853. The summed E-state index contributed by atoms with van der Waals surface area (Å²) in [6.45, 7) is 0.764. The second-order valence-electron chi connectivity index (χ2n) is 7.09. The summed E-state index contributed by atoms with van der Waals surface area (Å²) in [5.74, 6) is -1.01. The van der Waals surface area contributed by atoms with Crippen LogP contribution in [0.1, 0.15) is 41.6 Å². The van der Waals surface area contributed by atoms with E-state index in [0.717, 1.165) is 44.0 Å². The van der Waals surface area contributed by atoms with E-state index in [2.05, 4.69) is 4.72 Å². The molecule has 2 N–H and O–H groups in total. The Kier molecular flexibility index (Phi) is 7.81. The van der Waals surface area contributed by atoms with Crippen molar-refractivity contribution in [2.24, 2.45) is 0 Å². The Balaban J connectivity index is 1.46. The Morgan fingerprint density at radius 3 is 2.40 bits per heavy atom. The summed E-state index contributed by atoms with van der Waals surface area (Å²) in [6.07, 6.45) is 3.32. The lowest BCUT2D eigenvalue weighted by atomic mass is 9.97. The molecule has 2 aromatic carbocycles. The molecule has 0 bridgehead atoms. The van der Waals surface area contributed by atoms with Crippen molar-refractivity contribution in [2.75, 3.05) is 14.2 Å². The quantitative estimate of drug-likeness (QED) is 0.554. The average molecular weight is 436 g/mol. The molecular weight excluding hydrogens is 409 g/mol. The van der Waals surface area contributed by atoms with E-state index in [-0.39, 0.29) is 23.2 Å². The van der Waals surface area contributed by atoms with Crippen LogP contribution in [-0.2, 0) is 6.54 Å². The Morgan fingerprint density at radius 1 is 1.10 bits per heavy atom. The number of benzene rings is 2. The number of aromatic carboxylic acids is 1. The number of carbonyl (C=O) groups is 1. The lowest BCUT2D eigenvalue weighted by Crippen LogP contribution is -2.27. The molecule has 0 radical (unpaired) electrons. The molecule has 0 saturated heterocycles. The fourth-order valence-corrected chi connectivity index (χ4v) is 4.39. The number of carboxylic acid groups (broad SMARTS) is 1. The molecule has 30 heavy (non-hydrogen) atoms. The Labute approximate surface area is 179 Å². The molecule has 0 aromatic heterocycles. The lowest BCUT2D eigenvalue weighted by molar-refractivity contribution is 0.0691. The van der Waals surface area contributed by atoms with Crippen LogP contribution in [0, 0.1) is 5.82 Å². The van der Waals surface area contributed by atoms with E-state index in [1.165, 1.54) is 18.7 Å². The van der Waals surface area contributed by atoms with E-state index in [1.54, 1.807) is 19.1 Å². The molecule has 0 heterocycles. The highest BCUT2D eigenvalue weighted by molar-refractivity contribution is 7.98. The fourth-order valence-electron chi connectivity index (χ4n) is 3.40. The molecule has 1 aliphatic rings. The molecule has 1 aliphatic carbocycles. The monoisotopic (exact) mass is 435 g/mol. The van der Waals surface area contributed by atoms with Crippen LogP contribution < -0.4 is 18.9 Å². The maximum atomic E-state index is 14.3. The Hall–Kier alpha value is -2.45. The second kappa shape index (κ2) is 10.5. The van der Waals surface area contributed by atoms with Crippen LogP contribution in [0.4, 0.5) is 4.39 Å². The average Bonchev–Trinajstić information content (AvgIpc) is 2.76. The molecule has 162 valence electrons. The highest BCUT2D eigenvalue weighted by Crippen LogP contribution is 2.33. The summed E-state index contributed by atoms with van der Waals surface area (Å²) in [7, 11) is 2.96. The number of ether oxygens (including phenoxy) is 3. The fraction of sp³-hybridized carbons (Fsp3) is 0.409. The SMILES string of the molecule is COc1ccc(CNSC2CCC(Oc3cc(C(=O)O)c(OC)cc3F)CC2)cc1. The second-order valence-corrected chi connectivity index (χ2v) is 8.28. The molecule has 0 atom stereocenters. The highest BCUT2D eigenvalue weighted by atomic mass is 32.2. The third-order valence-electron chi connectivity index (χ3n) is 5.08. The number of hydrogen-bond donors (Lipinski definition) is 2. The minimum atomic E-state index is -1.18. The molecule has 8 heteroatoms. The molecule has 0 aliphatic heterocycles. The van der Waals surface area contributed by atoms with Gasteiger partial charge in [-0.15, -0.1) is 0 Å². The number of carboxylic acids is 1. The van der Waals surface area contributed by atoms with Crippen molar-refractivity contribution in [3.63, 3.8) is 0 Å². The first-order valence-electron chi connectivity index (χ1n) is 9.79. The van der Waals surface area contributed by atoms with Crippen LogP contribution in [0.3, 0.4) is 0 Å². The van der Waals surface area contributed by atoms with Crippen LogP contribution in [0.25, 0.3) is 0 Å². The van der Waals surface area contributed by atoms with Gasteiger partial charge in [0.25, 0.3) is 0 Å². The third-order valence-corrected chi connectivity index (χ3v) is 6.20. The first-order valence-corrected chi connectivity index (χ1v) is 10.7. The first-order chi connectivity index (χ1) is 14.5. The summed E-state index contributed by atoms with van der Waals surface area (Å²) < 4.78 is 33.6. The summed E-state index contributed by atoms with van der Waals surface area (Å²) in [6, 6.07) is 10.2. The minimum Gasteiger partial charge on any atom is -0.497 e. The normalized spacial score (nSPS) is 18.6. The van der Waals surface area contributed by atoms with Gasteiger partial charge in [-0.2, -0.15) is 0 Å². The van der Waals surface area contributed by atoms with Crippen molar-refractivity contribution in [3.05, 3.63) is 53.3 Å². The van der Waals surface area contributed by atoms with Gasteiger partial charge in [0.1, 0.15) is 17.1 Å². The van der Waals surface area contributed by atoms with Gasteiger partial charge < -0.3 is 19.3 Å². The van der Waals surface area contributed by atoms with Crippen LogP contribution >= 0.6 is 11.9 Å². The van der Waals surface area contributed by atoms with Gasteiger partial charge in [0.15, 0.2) is 11.6 Å². The van der Waals surface area contributed by atoms with Crippen molar-refractivity contribution in [3.8, 4) is 17.2 Å². The van der Waals surface area contributed by atoms with Gasteiger partial charge in [-0.1, -0.05) is 24.1 Å². The smallest absolute Gasteiger partial charge is 0.339 e. The van der Waals surface area contributed by atoms with Crippen molar-refractivity contribution in [1.29, 1.82) is 0 Å². The van der Waals surface area contributed by atoms with Crippen molar-refractivity contribution < 1.29 is 28.5 Å². The zero-order valence-corrected chi connectivity index (χ0v) is 17.8. The Morgan fingerprint density at radius 2 is 1.80 bits per heavy atom.